The molecule has 0 saturated carbocycles. The summed E-state index contributed by atoms with van der Waals surface area (Å²) in [4.78, 5) is 17.1. The number of thiophene rings is 1. The molecule has 4 nitrogen and oxygen atoms in total. The Kier molecular flexibility index (Phi) is 4.59. The number of fused-ring (bicyclic) bond motifs is 2. The monoisotopic (exact) mass is 355 g/mol. The zero-order chi connectivity index (χ0) is 17.2. The molecule has 1 fully saturated rings. The lowest BCUT2D eigenvalue weighted by Gasteiger charge is -2.43. The van der Waals surface area contributed by atoms with E-state index in [1.165, 1.54) is 15.3 Å². The smallest absolute Gasteiger partial charge is 0.411 e. The van der Waals surface area contributed by atoms with Crippen molar-refractivity contribution in [1.82, 2.24) is 4.90 Å². The molecule has 2 unspecified atom stereocenters. The Morgan fingerprint density at radius 1 is 1.24 bits per heavy atom. The highest BCUT2D eigenvalue weighted by molar-refractivity contribution is 7.13. The predicted octanol–water partition coefficient (Wildman–Crippen LogP) is 4.25. The molecule has 130 valence electrons. The van der Waals surface area contributed by atoms with Gasteiger partial charge in [0.15, 0.2) is 0 Å². The Hall–Kier alpha value is -2.11. The molecule has 5 heteroatoms. The van der Waals surface area contributed by atoms with Crippen LogP contribution < -0.4 is 0 Å². The minimum absolute atomic E-state index is 0.0458. The Morgan fingerprint density at radius 2 is 2.08 bits per heavy atom. The van der Waals surface area contributed by atoms with Crippen molar-refractivity contribution in [2.24, 2.45) is 0 Å². The number of benzene rings is 1. The third-order valence-corrected chi connectivity index (χ3v) is 5.75. The molecule has 0 radical (unpaired) electrons. The van der Waals surface area contributed by atoms with Gasteiger partial charge in [-0.1, -0.05) is 36.4 Å². The standard InChI is InChI=1S/C20H21NO3S/c1-14-7-8-19(25-14)16-9-17-12-23-13-18(10-16)21(17)20(22)24-11-15-5-3-2-4-6-15/h2-9,17-18H,10-13H2,1H3. The third kappa shape index (κ3) is 3.48. The molecule has 2 aliphatic heterocycles. The lowest BCUT2D eigenvalue weighted by atomic mass is 9.94. The Balaban J connectivity index is 1.49. The van der Waals surface area contributed by atoms with Crippen LogP contribution >= 0.6 is 11.3 Å². The van der Waals surface area contributed by atoms with Crippen LogP contribution in [0.3, 0.4) is 0 Å². The van der Waals surface area contributed by atoms with Gasteiger partial charge in [0.25, 0.3) is 0 Å². The molecule has 1 aromatic carbocycles. The first-order chi connectivity index (χ1) is 12.2. The summed E-state index contributed by atoms with van der Waals surface area (Å²) in [6, 6.07) is 14.1. The molecule has 2 aromatic rings. The summed E-state index contributed by atoms with van der Waals surface area (Å²) in [6.07, 6.45) is 2.74. The maximum atomic E-state index is 12.7. The second kappa shape index (κ2) is 7.02. The lowest BCUT2D eigenvalue weighted by molar-refractivity contribution is -0.0341. The van der Waals surface area contributed by atoms with Crippen LogP contribution in [0, 0.1) is 6.92 Å². The van der Waals surface area contributed by atoms with Gasteiger partial charge in [-0.3, -0.25) is 4.90 Å². The van der Waals surface area contributed by atoms with Gasteiger partial charge in [-0.2, -0.15) is 0 Å². The number of aryl methyl sites for hydroxylation is 1. The van der Waals surface area contributed by atoms with Gasteiger partial charge in [0.2, 0.25) is 0 Å². The average molecular weight is 355 g/mol. The first kappa shape index (κ1) is 16.4. The number of carbonyl (C=O) groups excluding carboxylic acids is 1. The summed E-state index contributed by atoms with van der Waals surface area (Å²) in [5, 5.41) is 0. The van der Waals surface area contributed by atoms with Gasteiger partial charge in [-0.25, -0.2) is 4.79 Å². The van der Waals surface area contributed by atoms with Crippen molar-refractivity contribution in [3.05, 3.63) is 63.9 Å². The van der Waals surface area contributed by atoms with Gasteiger partial charge in [-0.05, 0) is 36.6 Å². The minimum Gasteiger partial charge on any atom is -0.445 e. The molecule has 3 heterocycles. The van der Waals surface area contributed by atoms with Crippen LogP contribution in [0.15, 0.2) is 48.5 Å². The predicted molar refractivity (Wildman–Crippen MR) is 98.5 cm³/mol. The summed E-state index contributed by atoms with van der Waals surface area (Å²) in [5.41, 5.74) is 2.32. The van der Waals surface area contributed by atoms with Crippen LogP contribution in [-0.4, -0.2) is 36.3 Å². The highest BCUT2D eigenvalue weighted by atomic mass is 32.1. The lowest BCUT2D eigenvalue weighted by Crippen LogP contribution is -2.56. The molecule has 0 aliphatic carbocycles. The number of amides is 1. The fraction of sp³-hybridized carbons (Fsp3) is 0.350. The molecule has 1 saturated heterocycles. The van der Waals surface area contributed by atoms with E-state index in [0.717, 1.165) is 12.0 Å². The molecule has 2 aliphatic rings. The number of hydrogen-bond acceptors (Lipinski definition) is 4. The van der Waals surface area contributed by atoms with Crippen molar-refractivity contribution < 1.29 is 14.3 Å². The Labute approximate surface area is 151 Å². The molecule has 0 N–H and O–H groups in total. The van der Waals surface area contributed by atoms with E-state index in [-0.39, 0.29) is 18.2 Å². The van der Waals surface area contributed by atoms with Crippen molar-refractivity contribution in [2.75, 3.05) is 13.2 Å². The van der Waals surface area contributed by atoms with E-state index in [0.29, 0.717) is 19.8 Å². The van der Waals surface area contributed by atoms with Crippen molar-refractivity contribution in [3.8, 4) is 0 Å². The van der Waals surface area contributed by atoms with Gasteiger partial charge in [0.05, 0.1) is 25.3 Å². The summed E-state index contributed by atoms with van der Waals surface area (Å²) < 4.78 is 11.2. The van der Waals surface area contributed by atoms with Crippen LogP contribution in [0.25, 0.3) is 5.57 Å². The van der Waals surface area contributed by atoms with E-state index in [1.807, 2.05) is 35.2 Å². The van der Waals surface area contributed by atoms with Crippen molar-refractivity contribution >= 4 is 23.0 Å². The van der Waals surface area contributed by atoms with E-state index in [2.05, 4.69) is 25.1 Å². The second-order valence-electron chi connectivity index (χ2n) is 6.51. The van der Waals surface area contributed by atoms with Crippen molar-refractivity contribution in [1.29, 1.82) is 0 Å². The number of rotatable bonds is 3. The number of hydrogen-bond donors (Lipinski definition) is 0. The molecule has 25 heavy (non-hydrogen) atoms. The number of ether oxygens (including phenoxy) is 2. The van der Waals surface area contributed by atoms with E-state index >= 15 is 0 Å². The van der Waals surface area contributed by atoms with E-state index < -0.39 is 0 Å². The van der Waals surface area contributed by atoms with Crippen molar-refractivity contribution in [2.45, 2.75) is 32.0 Å². The first-order valence-corrected chi connectivity index (χ1v) is 9.36. The van der Waals surface area contributed by atoms with E-state index in [9.17, 15) is 4.79 Å². The zero-order valence-electron chi connectivity index (χ0n) is 14.2. The normalized spacial score (nSPS) is 22.4. The van der Waals surface area contributed by atoms with Crippen LogP contribution in [-0.2, 0) is 16.1 Å². The van der Waals surface area contributed by atoms with Gasteiger partial charge in [0.1, 0.15) is 6.61 Å². The van der Waals surface area contributed by atoms with Crippen LogP contribution in [0.5, 0.6) is 0 Å². The summed E-state index contributed by atoms with van der Waals surface area (Å²) in [6.45, 7) is 3.52. The minimum atomic E-state index is -0.250. The van der Waals surface area contributed by atoms with Gasteiger partial charge in [-0.15, -0.1) is 11.3 Å². The molecule has 0 spiro atoms. The topological polar surface area (TPSA) is 38.8 Å². The van der Waals surface area contributed by atoms with Gasteiger partial charge in [0, 0.05) is 9.75 Å². The SMILES string of the molecule is Cc1ccc(C2=CC3COCC(C2)N3C(=O)OCc2ccccc2)s1. The van der Waals surface area contributed by atoms with Crippen LogP contribution in [0.2, 0.25) is 0 Å². The molecule has 2 atom stereocenters. The molecule has 2 bridgehead atoms. The average Bonchev–Trinajstić information content (AvgIpc) is 3.06. The van der Waals surface area contributed by atoms with Gasteiger partial charge >= 0.3 is 6.09 Å². The van der Waals surface area contributed by atoms with Gasteiger partial charge < -0.3 is 9.47 Å². The number of nitrogens with zero attached hydrogens (tertiary/aromatic N) is 1. The van der Waals surface area contributed by atoms with Crippen LogP contribution in [0.1, 0.15) is 21.7 Å². The third-order valence-electron chi connectivity index (χ3n) is 4.67. The van der Waals surface area contributed by atoms with E-state index in [1.54, 1.807) is 11.3 Å². The Bertz CT molecular complexity index is 783. The first-order valence-electron chi connectivity index (χ1n) is 8.55. The molecule has 1 aromatic heterocycles. The zero-order valence-corrected chi connectivity index (χ0v) is 15.0. The quantitative estimate of drug-likeness (QED) is 0.826. The number of morpholine rings is 1. The maximum Gasteiger partial charge on any atom is 0.411 e. The van der Waals surface area contributed by atoms with E-state index in [4.69, 9.17) is 9.47 Å². The fourth-order valence-corrected chi connectivity index (χ4v) is 4.37. The summed E-state index contributed by atoms with van der Waals surface area (Å²) >= 11 is 1.81. The molecular weight excluding hydrogens is 334 g/mol. The number of carbonyl (C=O) groups is 1. The summed E-state index contributed by atoms with van der Waals surface area (Å²) in [5.74, 6) is 0. The highest BCUT2D eigenvalue weighted by Gasteiger charge is 2.39. The highest BCUT2D eigenvalue weighted by Crippen LogP contribution is 2.35. The second-order valence-corrected chi connectivity index (χ2v) is 7.80. The summed E-state index contributed by atoms with van der Waals surface area (Å²) in [7, 11) is 0. The van der Waals surface area contributed by atoms with Crippen molar-refractivity contribution in [3.63, 3.8) is 0 Å². The molecular formula is C20H21NO3S. The molecule has 4 rings (SSSR count). The maximum absolute atomic E-state index is 12.7. The molecule has 1 amide bonds. The fourth-order valence-electron chi connectivity index (χ4n) is 3.46. The largest absolute Gasteiger partial charge is 0.445 e. The van der Waals surface area contributed by atoms with Crippen LogP contribution in [0.4, 0.5) is 4.79 Å². The Morgan fingerprint density at radius 3 is 2.80 bits per heavy atom.